The summed E-state index contributed by atoms with van der Waals surface area (Å²) in [5, 5.41) is 13.1. The first-order chi connectivity index (χ1) is 16.0. The molecule has 162 valence electrons. The maximum atomic E-state index is 13.3. The fourth-order valence-electron chi connectivity index (χ4n) is 3.04. The molecule has 2 aromatic carbocycles. The molecule has 0 saturated heterocycles. The Morgan fingerprint density at radius 3 is 2.48 bits per heavy atom. The standard InChI is InChI=1S/C24H14Cl2N4O2S/c25-16-6-7-20(19(26)13-16)29-22(31)18(14-27)24-30(17-4-2-1-3-5-17)23(32)21(33-24)12-15-8-10-28-11-9-15/h1-13H,(H,29,31). The molecule has 0 aliphatic carbocycles. The minimum atomic E-state index is -0.692. The van der Waals surface area contributed by atoms with Crippen molar-refractivity contribution in [1.82, 2.24) is 9.55 Å². The Morgan fingerprint density at radius 1 is 1.09 bits per heavy atom. The summed E-state index contributed by atoms with van der Waals surface area (Å²) in [6, 6.07) is 18.9. The van der Waals surface area contributed by atoms with Gasteiger partial charge in [-0.15, -0.1) is 11.3 Å². The topological polar surface area (TPSA) is 87.8 Å². The Kier molecular flexibility index (Phi) is 6.71. The van der Waals surface area contributed by atoms with E-state index in [0.29, 0.717) is 20.9 Å². The number of aromatic nitrogens is 2. The highest BCUT2D eigenvalue weighted by atomic mass is 35.5. The van der Waals surface area contributed by atoms with Crippen LogP contribution in [0.4, 0.5) is 5.69 Å². The van der Waals surface area contributed by atoms with Crippen LogP contribution in [-0.4, -0.2) is 15.5 Å². The molecule has 1 N–H and O–H groups in total. The molecule has 0 aliphatic heterocycles. The van der Waals surface area contributed by atoms with Crippen LogP contribution in [0.15, 0.2) is 77.9 Å². The molecule has 0 saturated carbocycles. The molecule has 0 atom stereocenters. The predicted molar refractivity (Wildman–Crippen MR) is 131 cm³/mol. The zero-order chi connectivity index (χ0) is 23.4. The predicted octanol–water partition coefficient (Wildman–Crippen LogP) is 3.74. The number of pyridine rings is 1. The Bertz CT molecular complexity index is 1560. The van der Waals surface area contributed by atoms with Crippen molar-refractivity contribution in [3.8, 4) is 11.8 Å². The highest BCUT2D eigenvalue weighted by Gasteiger charge is 2.18. The molecule has 33 heavy (non-hydrogen) atoms. The first kappa shape index (κ1) is 22.5. The number of para-hydroxylation sites is 1. The van der Waals surface area contributed by atoms with Crippen LogP contribution in [0.5, 0.6) is 0 Å². The summed E-state index contributed by atoms with van der Waals surface area (Å²) in [4.78, 5) is 30.4. The third kappa shape index (κ3) is 4.89. The Labute approximate surface area is 202 Å². The summed E-state index contributed by atoms with van der Waals surface area (Å²) < 4.78 is 1.93. The number of anilines is 1. The van der Waals surface area contributed by atoms with Gasteiger partial charge < -0.3 is 5.32 Å². The van der Waals surface area contributed by atoms with Crippen LogP contribution in [0.1, 0.15) is 5.56 Å². The van der Waals surface area contributed by atoms with E-state index in [2.05, 4.69) is 10.3 Å². The van der Waals surface area contributed by atoms with Crippen molar-refractivity contribution in [2.24, 2.45) is 0 Å². The maximum absolute atomic E-state index is 13.3. The van der Waals surface area contributed by atoms with E-state index in [4.69, 9.17) is 23.2 Å². The second-order valence-electron chi connectivity index (χ2n) is 6.74. The van der Waals surface area contributed by atoms with E-state index in [1.165, 1.54) is 10.6 Å². The number of nitrogens with zero attached hydrogens (tertiary/aromatic N) is 3. The number of rotatable bonds is 4. The molecule has 0 aliphatic rings. The molecular weight excluding hydrogens is 479 g/mol. The molecule has 4 rings (SSSR count). The molecule has 6 nitrogen and oxygen atoms in total. The number of nitrogens with one attached hydrogen (secondary N) is 1. The number of carbonyl (C=O) groups is 1. The number of thiazole rings is 1. The van der Waals surface area contributed by atoms with Gasteiger partial charge in [0.05, 0.1) is 20.9 Å². The summed E-state index contributed by atoms with van der Waals surface area (Å²) in [7, 11) is 0. The van der Waals surface area contributed by atoms with Gasteiger partial charge >= 0.3 is 0 Å². The normalized spacial score (nSPS) is 12.2. The van der Waals surface area contributed by atoms with Crippen molar-refractivity contribution in [3.63, 3.8) is 0 Å². The second-order valence-corrected chi connectivity index (χ2v) is 8.61. The number of amides is 1. The molecule has 4 aromatic rings. The first-order valence-electron chi connectivity index (χ1n) is 9.58. The lowest BCUT2D eigenvalue weighted by Crippen LogP contribution is -2.32. The molecule has 9 heteroatoms. The third-order valence-corrected chi connectivity index (χ3v) is 6.21. The monoisotopic (exact) mass is 492 g/mol. The van der Waals surface area contributed by atoms with E-state index < -0.39 is 5.91 Å². The molecule has 0 bridgehead atoms. The quantitative estimate of drug-likeness (QED) is 0.469. The van der Waals surface area contributed by atoms with E-state index >= 15 is 0 Å². The van der Waals surface area contributed by atoms with E-state index in [-0.39, 0.29) is 20.8 Å². The van der Waals surface area contributed by atoms with E-state index in [0.717, 1.165) is 16.9 Å². The largest absolute Gasteiger partial charge is 0.320 e. The summed E-state index contributed by atoms with van der Waals surface area (Å²) in [5.74, 6) is -0.692. The summed E-state index contributed by atoms with van der Waals surface area (Å²) in [6.45, 7) is 0. The van der Waals surface area contributed by atoms with Gasteiger partial charge in [-0.1, -0.05) is 41.4 Å². The molecule has 0 unspecified atom stereocenters. The van der Waals surface area contributed by atoms with Crippen LogP contribution in [0.2, 0.25) is 10.0 Å². The van der Waals surface area contributed by atoms with Crippen LogP contribution < -0.4 is 20.1 Å². The van der Waals surface area contributed by atoms with Gasteiger partial charge in [-0.05, 0) is 54.1 Å². The smallest absolute Gasteiger partial charge is 0.273 e. The van der Waals surface area contributed by atoms with Crippen LogP contribution in [0.3, 0.4) is 0 Å². The van der Waals surface area contributed by atoms with Gasteiger partial charge in [0.25, 0.3) is 11.5 Å². The van der Waals surface area contributed by atoms with Crippen LogP contribution >= 0.6 is 34.5 Å². The van der Waals surface area contributed by atoms with Crippen molar-refractivity contribution < 1.29 is 4.79 Å². The van der Waals surface area contributed by atoms with Gasteiger partial charge in [0.15, 0.2) is 5.57 Å². The lowest BCUT2D eigenvalue weighted by Gasteiger charge is -2.07. The summed E-state index contributed by atoms with van der Waals surface area (Å²) in [6.07, 6.45) is 4.93. The minimum absolute atomic E-state index is 0.205. The average molecular weight is 493 g/mol. The van der Waals surface area contributed by atoms with Gasteiger partial charge in [-0.25, -0.2) is 0 Å². The number of halogens is 2. The van der Waals surface area contributed by atoms with E-state index in [1.807, 2.05) is 12.1 Å². The third-order valence-electron chi connectivity index (χ3n) is 4.57. The fourth-order valence-corrected chi connectivity index (χ4v) is 4.60. The molecule has 2 aromatic heterocycles. The number of nitriles is 1. The Hall–Kier alpha value is -3.70. The van der Waals surface area contributed by atoms with Crippen LogP contribution in [0, 0.1) is 11.3 Å². The highest BCUT2D eigenvalue weighted by Crippen LogP contribution is 2.25. The van der Waals surface area contributed by atoms with E-state index in [9.17, 15) is 14.9 Å². The molecule has 0 fully saturated rings. The maximum Gasteiger partial charge on any atom is 0.273 e. The number of benzene rings is 2. The van der Waals surface area contributed by atoms with Gasteiger partial charge in [-0.2, -0.15) is 5.26 Å². The van der Waals surface area contributed by atoms with Gasteiger partial charge in [0.2, 0.25) is 0 Å². The molecule has 2 heterocycles. The fraction of sp³-hybridized carbons (Fsp3) is 0. The van der Waals surface area contributed by atoms with Gasteiger partial charge in [0, 0.05) is 17.4 Å². The number of hydrogen-bond acceptors (Lipinski definition) is 5. The van der Waals surface area contributed by atoms with Crippen molar-refractivity contribution >= 4 is 57.8 Å². The summed E-state index contributed by atoms with van der Waals surface area (Å²) in [5.41, 5.74) is 1.04. The van der Waals surface area contributed by atoms with Crippen LogP contribution in [0.25, 0.3) is 17.3 Å². The zero-order valence-corrected chi connectivity index (χ0v) is 19.2. The number of hydrogen-bond donors (Lipinski definition) is 1. The Morgan fingerprint density at radius 2 is 1.82 bits per heavy atom. The number of carbonyl (C=O) groups excluding carboxylic acids is 1. The van der Waals surface area contributed by atoms with Gasteiger partial charge in [-0.3, -0.25) is 19.1 Å². The molecule has 1 amide bonds. The molecule has 0 radical (unpaired) electrons. The summed E-state index contributed by atoms with van der Waals surface area (Å²) >= 11 is 13.1. The molecular formula is C24H14Cl2N4O2S. The van der Waals surface area contributed by atoms with Crippen molar-refractivity contribution in [1.29, 1.82) is 5.26 Å². The van der Waals surface area contributed by atoms with Crippen molar-refractivity contribution in [2.75, 3.05) is 5.32 Å². The van der Waals surface area contributed by atoms with Crippen LogP contribution in [-0.2, 0) is 4.79 Å². The SMILES string of the molecule is N#CC(C(=O)Nc1ccc(Cl)cc1Cl)=c1sc(=Cc2ccncc2)c(=O)n1-c1ccccc1. The van der Waals surface area contributed by atoms with Gasteiger partial charge in [0.1, 0.15) is 10.7 Å². The second kappa shape index (κ2) is 9.84. The van der Waals surface area contributed by atoms with Crippen molar-refractivity contribution in [3.05, 3.63) is 108 Å². The Balaban J connectivity index is 1.94. The first-order valence-corrected chi connectivity index (χ1v) is 11.1. The van der Waals surface area contributed by atoms with E-state index in [1.54, 1.807) is 67.0 Å². The highest BCUT2D eigenvalue weighted by molar-refractivity contribution is 7.07. The zero-order valence-electron chi connectivity index (χ0n) is 16.8. The lowest BCUT2D eigenvalue weighted by atomic mass is 10.2. The van der Waals surface area contributed by atoms with Crippen molar-refractivity contribution in [2.45, 2.75) is 0 Å². The molecule has 0 spiro atoms. The average Bonchev–Trinajstić information content (AvgIpc) is 3.13. The lowest BCUT2D eigenvalue weighted by molar-refractivity contribution is -0.111. The minimum Gasteiger partial charge on any atom is -0.320 e.